The van der Waals surface area contributed by atoms with Crippen LogP contribution in [0.1, 0.15) is 59.8 Å². The molecule has 1 aliphatic heterocycles. The van der Waals surface area contributed by atoms with Crippen LogP contribution in [0.3, 0.4) is 0 Å². The van der Waals surface area contributed by atoms with Crippen LogP contribution in [0.2, 0.25) is 0 Å². The largest absolute Gasteiger partial charge is 0.370 e. The molecule has 1 atom stereocenters. The number of carbonyl (C=O) groups excluding carboxylic acids is 1. The van der Waals surface area contributed by atoms with Gasteiger partial charge < -0.3 is 10.6 Å². The Hall–Kier alpha value is -2.36. The van der Waals surface area contributed by atoms with Crippen LogP contribution in [0.25, 0.3) is 0 Å². The number of carbonyl (C=O) groups is 1. The first-order chi connectivity index (χ1) is 12.2. The van der Waals surface area contributed by atoms with Gasteiger partial charge in [-0.15, -0.1) is 0 Å². The van der Waals surface area contributed by atoms with Gasteiger partial charge in [0.15, 0.2) is 0 Å². The molecule has 0 spiro atoms. The average Bonchev–Trinajstić information content (AvgIpc) is 2.67. The summed E-state index contributed by atoms with van der Waals surface area (Å²) in [6.07, 6.45) is 4.11. The lowest BCUT2D eigenvalue weighted by Gasteiger charge is -2.17. The molecule has 1 aromatic carbocycles. The first-order valence-electron chi connectivity index (χ1n) is 9.28. The highest BCUT2D eigenvalue weighted by atomic mass is 16.1. The number of aromatic nitrogens is 1. The van der Waals surface area contributed by atoms with E-state index in [0.29, 0.717) is 18.0 Å². The van der Waals surface area contributed by atoms with Gasteiger partial charge in [0, 0.05) is 30.8 Å². The Labute approximate surface area is 150 Å². The van der Waals surface area contributed by atoms with E-state index in [1.807, 2.05) is 12.1 Å². The number of pyridine rings is 1. The number of nitrogens with zero attached hydrogens (tertiary/aromatic N) is 1. The van der Waals surface area contributed by atoms with E-state index in [2.05, 4.69) is 53.7 Å². The summed E-state index contributed by atoms with van der Waals surface area (Å²) in [5.41, 5.74) is 4.30. The molecule has 25 heavy (non-hydrogen) atoms. The first kappa shape index (κ1) is 17.5. The minimum absolute atomic E-state index is 0.0215. The number of hydrogen-bond acceptors (Lipinski definition) is 3. The molecule has 2 N–H and O–H groups in total. The Bertz CT molecular complexity index is 724. The monoisotopic (exact) mass is 337 g/mol. The average molecular weight is 337 g/mol. The smallest absolute Gasteiger partial charge is 0.251 e. The first-order valence-corrected chi connectivity index (χ1v) is 9.28. The zero-order valence-electron chi connectivity index (χ0n) is 15.1. The van der Waals surface area contributed by atoms with Crippen LogP contribution >= 0.6 is 0 Å². The van der Waals surface area contributed by atoms with Gasteiger partial charge >= 0.3 is 0 Å². The zero-order valence-corrected chi connectivity index (χ0v) is 15.1. The molecule has 3 rings (SSSR count). The molecular formula is C21H27N3O. The third-order valence-electron chi connectivity index (χ3n) is 4.97. The van der Waals surface area contributed by atoms with E-state index >= 15 is 0 Å². The molecule has 0 radical (unpaired) electrons. The Balaban J connectivity index is 1.52. The van der Waals surface area contributed by atoms with Crippen LogP contribution in [-0.4, -0.2) is 24.0 Å². The molecule has 0 bridgehead atoms. The summed E-state index contributed by atoms with van der Waals surface area (Å²) in [5.74, 6) is 1.52. The van der Waals surface area contributed by atoms with E-state index in [9.17, 15) is 4.79 Å². The lowest BCUT2D eigenvalue weighted by molar-refractivity contribution is 0.0954. The van der Waals surface area contributed by atoms with Gasteiger partial charge in [-0.05, 0) is 54.5 Å². The van der Waals surface area contributed by atoms with Crippen LogP contribution in [0.15, 0.2) is 36.4 Å². The van der Waals surface area contributed by atoms with E-state index in [0.717, 1.165) is 37.3 Å². The normalized spacial score (nSPS) is 14.3. The molecule has 0 saturated carbocycles. The highest BCUT2D eigenvalue weighted by molar-refractivity contribution is 5.94. The second-order valence-electron chi connectivity index (χ2n) is 6.78. The highest BCUT2D eigenvalue weighted by Gasteiger charge is 2.11. The topological polar surface area (TPSA) is 54.0 Å². The molecule has 1 unspecified atom stereocenters. The van der Waals surface area contributed by atoms with Crippen molar-refractivity contribution in [2.45, 2.75) is 45.4 Å². The molecule has 0 aliphatic carbocycles. The van der Waals surface area contributed by atoms with Crippen LogP contribution < -0.4 is 10.6 Å². The maximum atomic E-state index is 12.3. The van der Waals surface area contributed by atoms with Crippen molar-refractivity contribution in [3.8, 4) is 0 Å². The molecule has 1 amide bonds. The predicted octanol–water partition coefficient (Wildman–Crippen LogP) is 3.93. The summed E-state index contributed by atoms with van der Waals surface area (Å²) in [5, 5.41) is 6.34. The van der Waals surface area contributed by atoms with E-state index in [1.165, 1.54) is 17.5 Å². The van der Waals surface area contributed by atoms with Gasteiger partial charge in [0.2, 0.25) is 0 Å². The Morgan fingerprint density at radius 3 is 2.80 bits per heavy atom. The number of aryl methyl sites for hydroxylation is 1. The summed E-state index contributed by atoms with van der Waals surface area (Å²) in [7, 11) is 0. The van der Waals surface area contributed by atoms with Crippen molar-refractivity contribution in [2.75, 3.05) is 18.4 Å². The van der Waals surface area contributed by atoms with E-state index in [4.69, 9.17) is 0 Å². The third kappa shape index (κ3) is 4.38. The number of benzene rings is 1. The lowest BCUT2D eigenvalue weighted by atomic mass is 9.97. The van der Waals surface area contributed by atoms with Crippen molar-refractivity contribution in [3.05, 3.63) is 58.8 Å². The molecule has 132 valence electrons. The van der Waals surface area contributed by atoms with Gasteiger partial charge in [0.25, 0.3) is 5.91 Å². The van der Waals surface area contributed by atoms with Crippen LogP contribution in [0.5, 0.6) is 0 Å². The summed E-state index contributed by atoms with van der Waals surface area (Å²) in [4.78, 5) is 16.9. The second kappa shape index (κ2) is 8.15. The Kier molecular flexibility index (Phi) is 5.69. The molecular weight excluding hydrogens is 310 g/mol. The fourth-order valence-corrected chi connectivity index (χ4v) is 3.11. The van der Waals surface area contributed by atoms with Gasteiger partial charge in [-0.25, -0.2) is 4.98 Å². The lowest BCUT2D eigenvalue weighted by Crippen LogP contribution is -2.26. The number of anilines is 1. The Morgan fingerprint density at radius 2 is 2.04 bits per heavy atom. The second-order valence-corrected chi connectivity index (χ2v) is 6.78. The van der Waals surface area contributed by atoms with Gasteiger partial charge in [-0.2, -0.15) is 0 Å². The number of hydrogen-bond donors (Lipinski definition) is 2. The van der Waals surface area contributed by atoms with Gasteiger partial charge in [0.05, 0.1) is 0 Å². The van der Waals surface area contributed by atoms with Crippen molar-refractivity contribution in [1.29, 1.82) is 0 Å². The minimum Gasteiger partial charge on any atom is -0.370 e. The number of rotatable bonds is 6. The summed E-state index contributed by atoms with van der Waals surface area (Å²) < 4.78 is 0. The van der Waals surface area contributed by atoms with E-state index in [-0.39, 0.29) is 5.91 Å². The molecule has 0 saturated heterocycles. The molecule has 4 nitrogen and oxygen atoms in total. The van der Waals surface area contributed by atoms with Crippen molar-refractivity contribution in [1.82, 2.24) is 10.3 Å². The highest BCUT2D eigenvalue weighted by Crippen LogP contribution is 2.20. The van der Waals surface area contributed by atoms with Crippen molar-refractivity contribution in [3.63, 3.8) is 0 Å². The summed E-state index contributed by atoms with van der Waals surface area (Å²) in [6.45, 7) is 5.97. The fraction of sp³-hybridized carbons (Fsp3) is 0.429. The molecule has 1 aliphatic rings. The molecule has 2 aromatic rings. The Morgan fingerprint density at radius 1 is 1.24 bits per heavy atom. The van der Waals surface area contributed by atoms with E-state index in [1.54, 1.807) is 0 Å². The molecule has 4 heteroatoms. The van der Waals surface area contributed by atoms with Gasteiger partial charge in [-0.3, -0.25) is 4.79 Å². The van der Waals surface area contributed by atoms with Gasteiger partial charge in [-0.1, -0.05) is 32.0 Å². The SMILES string of the molecule is CCC(C)c1ccc(C(=O)NCCc2ccc3c(n2)NCCC3)cc1. The maximum Gasteiger partial charge on any atom is 0.251 e. The molecule has 0 fully saturated rings. The van der Waals surface area contributed by atoms with Crippen LogP contribution in [0.4, 0.5) is 5.82 Å². The third-order valence-corrected chi connectivity index (χ3v) is 4.97. The molecule has 1 aromatic heterocycles. The predicted molar refractivity (Wildman–Crippen MR) is 102 cm³/mol. The van der Waals surface area contributed by atoms with Crippen molar-refractivity contribution < 1.29 is 4.79 Å². The summed E-state index contributed by atoms with van der Waals surface area (Å²) >= 11 is 0. The fourth-order valence-electron chi connectivity index (χ4n) is 3.11. The van der Waals surface area contributed by atoms with Gasteiger partial charge in [0.1, 0.15) is 5.82 Å². The van der Waals surface area contributed by atoms with E-state index < -0.39 is 0 Å². The maximum absolute atomic E-state index is 12.3. The summed E-state index contributed by atoms with van der Waals surface area (Å²) in [6, 6.07) is 12.2. The number of fused-ring (bicyclic) bond motifs is 1. The molecule has 2 heterocycles. The van der Waals surface area contributed by atoms with Crippen molar-refractivity contribution in [2.24, 2.45) is 0 Å². The number of amides is 1. The number of nitrogens with one attached hydrogen (secondary N) is 2. The standard InChI is InChI=1S/C21H27N3O/c1-3-15(2)16-6-8-18(9-7-16)21(25)23-14-12-19-11-10-17-5-4-13-22-20(17)24-19/h6-11,15H,3-5,12-14H2,1-2H3,(H,22,24)(H,23,25). The zero-order chi connectivity index (χ0) is 17.6. The quantitative estimate of drug-likeness (QED) is 0.840. The van der Waals surface area contributed by atoms with Crippen LogP contribution in [0, 0.1) is 0 Å². The van der Waals surface area contributed by atoms with Crippen molar-refractivity contribution >= 4 is 11.7 Å². The minimum atomic E-state index is -0.0215. The van der Waals surface area contributed by atoms with Crippen LogP contribution in [-0.2, 0) is 12.8 Å².